The van der Waals surface area contributed by atoms with Gasteiger partial charge in [-0.15, -0.1) is 0 Å². The molecule has 0 bridgehead atoms. The van der Waals surface area contributed by atoms with Crippen molar-refractivity contribution in [1.82, 2.24) is 10.2 Å². The maximum atomic E-state index is 10.9. The lowest BCUT2D eigenvalue weighted by molar-refractivity contribution is -0.114. The summed E-state index contributed by atoms with van der Waals surface area (Å²) >= 11 is 0. The highest BCUT2D eigenvalue weighted by molar-refractivity contribution is 5.88. The predicted molar refractivity (Wildman–Crippen MR) is 80.2 cm³/mol. The number of nitrogens with one attached hydrogen (secondary N) is 2. The Balaban J connectivity index is 2.35. The SMILES string of the molecule is CC(=O)Nc1ccc(CNC(C)CCN(C)C)cc1. The number of amides is 1. The van der Waals surface area contributed by atoms with Gasteiger partial charge in [0, 0.05) is 25.2 Å². The molecular formula is C15H25N3O. The van der Waals surface area contributed by atoms with E-state index < -0.39 is 0 Å². The van der Waals surface area contributed by atoms with Crippen molar-refractivity contribution in [2.45, 2.75) is 32.9 Å². The summed E-state index contributed by atoms with van der Waals surface area (Å²) < 4.78 is 0. The molecule has 0 heterocycles. The molecule has 106 valence electrons. The molecule has 0 aliphatic rings. The molecule has 19 heavy (non-hydrogen) atoms. The zero-order valence-electron chi connectivity index (χ0n) is 12.4. The van der Waals surface area contributed by atoms with Gasteiger partial charge in [0.05, 0.1) is 0 Å². The summed E-state index contributed by atoms with van der Waals surface area (Å²) in [6, 6.07) is 8.44. The molecule has 1 unspecified atom stereocenters. The van der Waals surface area contributed by atoms with Gasteiger partial charge >= 0.3 is 0 Å². The molecule has 0 aromatic heterocycles. The molecule has 0 saturated heterocycles. The van der Waals surface area contributed by atoms with Gasteiger partial charge < -0.3 is 15.5 Å². The maximum absolute atomic E-state index is 10.9. The van der Waals surface area contributed by atoms with Gasteiger partial charge in [-0.25, -0.2) is 0 Å². The Hall–Kier alpha value is -1.39. The van der Waals surface area contributed by atoms with E-state index in [-0.39, 0.29) is 5.91 Å². The van der Waals surface area contributed by atoms with Crippen molar-refractivity contribution in [3.8, 4) is 0 Å². The van der Waals surface area contributed by atoms with E-state index in [1.165, 1.54) is 12.5 Å². The second-order valence-electron chi connectivity index (χ2n) is 5.25. The predicted octanol–water partition coefficient (Wildman–Crippen LogP) is 2.07. The Morgan fingerprint density at radius 1 is 1.26 bits per heavy atom. The van der Waals surface area contributed by atoms with E-state index in [4.69, 9.17) is 0 Å². The van der Waals surface area contributed by atoms with Crippen LogP contribution in [-0.4, -0.2) is 37.5 Å². The fourth-order valence-electron chi connectivity index (χ4n) is 1.76. The van der Waals surface area contributed by atoms with Gasteiger partial charge in [0.1, 0.15) is 0 Å². The van der Waals surface area contributed by atoms with Crippen molar-refractivity contribution in [2.24, 2.45) is 0 Å². The third-order valence-electron chi connectivity index (χ3n) is 2.94. The molecule has 0 aliphatic heterocycles. The Morgan fingerprint density at radius 3 is 2.42 bits per heavy atom. The Morgan fingerprint density at radius 2 is 1.89 bits per heavy atom. The molecule has 0 spiro atoms. The van der Waals surface area contributed by atoms with Crippen LogP contribution in [-0.2, 0) is 11.3 Å². The highest BCUT2D eigenvalue weighted by atomic mass is 16.1. The highest BCUT2D eigenvalue weighted by Gasteiger charge is 2.02. The first kappa shape index (κ1) is 15.7. The Bertz CT molecular complexity index is 387. The van der Waals surface area contributed by atoms with Crippen molar-refractivity contribution >= 4 is 11.6 Å². The van der Waals surface area contributed by atoms with Gasteiger partial charge in [-0.3, -0.25) is 4.79 Å². The molecule has 1 aromatic rings. The number of anilines is 1. The van der Waals surface area contributed by atoms with Crippen LogP contribution < -0.4 is 10.6 Å². The first-order chi connectivity index (χ1) is 8.97. The maximum Gasteiger partial charge on any atom is 0.221 e. The van der Waals surface area contributed by atoms with Gasteiger partial charge in [0.25, 0.3) is 0 Å². The molecule has 0 fully saturated rings. The summed E-state index contributed by atoms with van der Waals surface area (Å²) in [5.41, 5.74) is 2.07. The summed E-state index contributed by atoms with van der Waals surface area (Å²) in [5.74, 6) is -0.0387. The number of carbonyl (C=O) groups excluding carboxylic acids is 1. The summed E-state index contributed by atoms with van der Waals surface area (Å²) in [4.78, 5) is 13.1. The van der Waals surface area contributed by atoms with Crippen LogP contribution >= 0.6 is 0 Å². The lowest BCUT2D eigenvalue weighted by Gasteiger charge is -2.16. The normalized spacial score (nSPS) is 12.5. The van der Waals surface area contributed by atoms with E-state index >= 15 is 0 Å². The van der Waals surface area contributed by atoms with Crippen molar-refractivity contribution in [3.63, 3.8) is 0 Å². The van der Waals surface area contributed by atoms with Gasteiger partial charge in [-0.2, -0.15) is 0 Å². The van der Waals surface area contributed by atoms with E-state index in [1.54, 1.807) is 0 Å². The van der Waals surface area contributed by atoms with Crippen molar-refractivity contribution in [2.75, 3.05) is 26.0 Å². The summed E-state index contributed by atoms with van der Waals surface area (Å²) in [6.45, 7) is 5.67. The van der Waals surface area contributed by atoms with E-state index in [0.717, 1.165) is 25.2 Å². The molecule has 0 saturated carbocycles. The molecule has 1 atom stereocenters. The Labute approximate surface area is 116 Å². The first-order valence-electron chi connectivity index (χ1n) is 6.72. The zero-order valence-corrected chi connectivity index (χ0v) is 12.4. The van der Waals surface area contributed by atoms with Crippen LogP contribution in [0.25, 0.3) is 0 Å². The summed E-state index contributed by atoms with van der Waals surface area (Å²) in [7, 11) is 4.18. The smallest absolute Gasteiger partial charge is 0.221 e. The van der Waals surface area contributed by atoms with E-state index in [0.29, 0.717) is 6.04 Å². The van der Waals surface area contributed by atoms with Crippen LogP contribution in [0.3, 0.4) is 0 Å². The van der Waals surface area contributed by atoms with Gasteiger partial charge in [-0.05, 0) is 51.7 Å². The molecule has 1 aromatic carbocycles. The Kier molecular flexibility index (Phi) is 6.53. The third-order valence-corrected chi connectivity index (χ3v) is 2.94. The molecule has 0 aliphatic carbocycles. The second kappa shape index (κ2) is 7.92. The first-order valence-corrected chi connectivity index (χ1v) is 6.72. The van der Waals surface area contributed by atoms with Crippen molar-refractivity contribution < 1.29 is 4.79 Å². The van der Waals surface area contributed by atoms with Crippen LogP contribution in [0.15, 0.2) is 24.3 Å². The van der Waals surface area contributed by atoms with Crippen LogP contribution in [0.4, 0.5) is 5.69 Å². The average Bonchev–Trinajstić information content (AvgIpc) is 2.35. The summed E-state index contributed by atoms with van der Waals surface area (Å²) in [6.07, 6.45) is 1.14. The van der Waals surface area contributed by atoms with E-state index in [9.17, 15) is 4.79 Å². The standard InChI is InChI=1S/C15H25N3O/c1-12(9-10-18(3)4)16-11-14-5-7-15(8-6-14)17-13(2)19/h5-8,12,16H,9-11H2,1-4H3,(H,17,19). The fraction of sp³-hybridized carbons (Fsp3) is 0.533. The largest absolute Gasteiger partial charge is 0.326 e. The minimum atomic E-state index is -0.0387. The average molecular weight is 263 g/mol. The number of carbonyl (C=O) groups is 1. The number of rotatable bonds is 7. The second-order valence-corrected chi connectivity index (χ2v) is 5.25. The highest BCUT2D eigenvalue weighted by Crippen LogP contribution is 2.09. The van der Waals surface area contributed by atoms with Crippen LogP contribution in [0.5, 0.6) is 0 Å². The van der Waals surface area contributed by atoms with Crippen LogP contribution in [0.1, 0.15) is 25.8 Å². The fourth-order valence-corrected chi connectivity index (χ4v) is 1.76. The summed E-state index contributed by atoms with van der Waals surface area (Å²) in [5, 5.41) is 6.27. The minimum Gasteiger partial charge on any atom is -0.326 e. The molecule has 1 rings (SSSR count). The van der Waals surface area contributed by atoms with E-state index in [2.05, 4.69) is 36.6 Å². The number of benzene rings is 1. The molecule has 4 heteroatoms. The molecule has 4 nitrogen and oxygen atoms in total. The van der Waals surface area contributed by atoms with Crippen LogP contribution in [0, 0.1) is 0 Å². The lowest BCUT2D eigenvalue weighted by atomic mass is 10.1. The van der Waals surface area contributed by atoms with Gasteiger partial charge in [0.15, 0.2) is 0 Å². The molecule has 0 radical (unpaired) electrons. The minimum absolute atomic E-state index is 0.0387. The van der Waals surface area contributed by atoms with Gasteiger partial charge in [0.2, 0.25) is 5.91 Å². The van der Waals surface area contributed by atoms with Crippen molar-refractivity contribution in [1.29, 1.82) is 0 Å². The van der Waals surface area contributed by atoms with Crippen molar-refractivity contribution in [3.05, 3.63) is 29.8 Å². The van der Waals surface area contributed by atoms with Gasteiger partial charge in [-0.1, -0.05) is 12.1 Å². The third kappa shape index (κ3) is 6.94. The number of nitrogens with zero attached hydrogens (tertiary/aromatic N) is 1. The lowest BCUT2D eigenvalue weighted by Crippen LogP contribution is -2.29. The molecule has 2 N–H and O–H groups in total. The topological polar surface area (TPSA) is 44.4 Å². The number of hydrogen-bond acceptors (Lipinski definition) is 3. The quantitative estimate of drug-likeness (QED) is 0.791. The molecular weight excluding hydrogens is 238 g/mol. The molecule has 1 amide bonds. The monoisotopic (exact) mass is 263 g/mol. The number of hydrogen-bond donors (Lipinski definition) is 2. The van der Waals surface area contributed by atoms with E-state index in [1.807, 2.05) is 24.3 Å². The van der Waals surface area contributed by atoms with Crippen LogP contribution in [0.2, 0.25) is 0 Å². The zero-order chi connectivity index (χ0) is 14.3.